The summed E-state index contributed by atoms with van der Waals surface area (Å²) in [4.78, 5) is 26.4. The highest BCUT2D eigenvalue weighted by Crippen LogP contribution is 2.28. The Bertz CT molecular complexity index is 1020. The molecule has 4 rings (SSSR count). The van der Waals surface area contributed by atoms with E-state index in [9.17, 15) is 4.79 Å². The van der Waals surface area contributed by atoms with Gasteiger partial charge >= 0.3 is 0 Å². The summed E-state index contributed by atoms with van der Waals surface area (Å²) in [6.07, 6.45) is 2.86. The number of aromatic nitrogens is 3. The molecular formula is C23H26N4O2. The smallest absolute Gasteiger partial charge is 0.251 e. The zero-order chi connectivity index (χ0) is 20.2. The molecule has 0 radical (unpaired) electrons. The zero-order valence-electron chi connectivity index (χ0n) is 16.8. The fraction of sp³-hybridized carbons (Fsp3) is 0.348. The van der Waals surface area contributed by atoms with E-state index in [0.717, 1.165) is 37.5 Å². The van der Waals surface area contributed by atoms with Crippen molar-refractivity contribution in [3.05, 3.63) is 76.3 Å². The monoisotopic (exact) mass is 390 g/mol. The summed E-state index contributed by atoms with van der Waals surface area (Å²) in [6.45, 7) is 6.79. The minimum atomic E-state index is -0.132. The third-order valence-corrected chi connectivity index (χ3v) is 5.04. The maximum absolute atomic E-state index is 12.2. The SMILES string of the molecule is CC(C)Oc1cccc(CN2CCC(c3cc(=O)[nH]c(-c4ccccn4)n3)C2)c1. The van der Waals surface area contributed by atoms with Crippen molar-refractivity contribution < 1.29 is 4.74 Å². The standard InChI is InChI=1S/C23H26N4O2/c1-16(2)29-19-7-5-6-17(12-19)14-27-11-9-18(15-27)21-13-22(28)26-23(25-21)20-8-3-4-10-24-20/h3-8,10,12-13,16,18H,9,11,14-15H2,1-2H3,(H,25,26,28). The molecule has 0 saturated carbocycles. The van der Waals surface area contributed by atoms with Crippen molar-refractivity contribution in [2.45, 2.75) is 38.8 Å². The average molecular weight is 390 g/mol. The van der Waals surface area contributed by atoms with E-state index in [2.05, 4.69) is 27.0 Å². The molecule has 3 aromatic rings. The molecule has 1 aliphatic heterocycles. The van der Waals surface area contributed by atoms with E-state index in [1.165, 1.54) is 5.56 Å². The minimum absolute atomic E-state index is 0.132. The van der Waals surface area contributed by atoms with E-state index in [1.807, 2.05) is 44.2 Å². The van der Waals surface area contributed by atoms with E-state index in [4.69, 9.17) is 9.72 Å². The number of likely N-dealkylation sites (tertiary alicyclic amines) is 1. The first-order valence-corrected chi connectivity index (χ1v) is 10.1. The van der Waals surface area contributed by atoms with Crippen molar-refractivity contribution >= 4 is 0 Å². The molecule has 6 nitrogen and oxygen atoms in total. The lowest BCUT2D eigenvalue weighted by atomic mass is 10.0. The lowest BCUT2D eigenvalue weighted by molar-refractivity contribution is 0.241. The maximum Gasteiger partial charge on any atom is 0.251 e. The van der Waals surface area contributed by atoms with Crippen molar-refractivity contribution in [2.24, 2.45) is 0 Å². The molecule has 1 fully saturated rings. The molecule has 1 N–H and O–H groups in total. The van der Waals surface area contributed by atoms with Crippen LogP contribution in [0.5, 0.6) is 5.75 Å². The summed E-state index contributed by atoms with van der Waals surface area (Å²) >= 11 is 0. The molecule has 1 aliphatic rings. The van der Waals surface area contributed by atoms with Crippen molar-refractivity contribution in [3.63, 3.8) is 0 Å². The van der Waals surface area contributed by atoms with Crippen LogP contribution in [0.2, 0.25) is 0 Å². The van der Waals surface area contributed by atoms with Crippen LogP contribution in [0.4, 0.5) is 0 Å². The second-order valence-corrected chi connectivity index (χ2v) is 7.77. The molecule has 1 atom stereocenters. The number of H-pyrrole nitrogens is 1. The van der Waals surface area contributed by atoms with Crippen molar-refractivity contribution in [2.75, 3.05) is 13.1 Å². The van der Waals surface area contributed by atoms with Crippen molar-refractivity contribution in [3.8, 4) is 17.3 Å². The second-order valence-electron chi connectivity index (χ2n) is 7.77. The fourth-order valence-electron chi connectivity index (χ4n) is 3.77. The molecular weight excluding hydrogens is 364 g/mol. The number of pyridine rings is 1. The summed E-state index contributed by atoms with van der Waals surface area (Å²) in [5.41, 5.74) is 2.63. The third-order valence-electron chi connectivity index (χ3n) is 5.04. The number of aromatic amines is 1. The average Bonchev–Trinajstić information content (AvgIpc) is 3.16. The Morgan fingerprint density at radius 1 is 1.21 bits per heavy atom. The van der Waals surface area contributed by atoms with E-state index >= 15 is 0 Å². The maximum atomic E-state index is 12.2. The lowest BCUT2D eigenvalue weighted by Gasteiger charge is -2.17. The number of rotatable bonds is 6. The van der Waals surface area contributed by atoms with Gasteiger partial charge in [0, 0.05) is 31.3 Å². The van der Waals surface area contributed by atoms with Gasteiger partial charge in [0.15, 0.2) is 5.82 Å². The van der Waals surface area contributed by atoms with Crippen LogP contribution in [-0.2, 0) is 6.54 Å². The highest BCUT2D eigenvalue weighted by atomic mass is 16.5. The lowest BCUT2D eigenvalue weighted by Crippen LogP contribution is -2.21. The molecule has 0 aliphatic carbocycles. The van der Waals surface area contributed by atoms with E-state index in [1.54, 1.807) is 12.3 Å². The summed E-state index contributed by atoms with van der Waals surface area (Å²) < 4.78 is 5.81. The second kappa shape index (κ2) is 8.57. The summed E-state index contributed by atoms with van der Waals surface area (Å²) in [5.74, 6) is 1.68. The summed E-state index contributed by atoms with van der Waals surface area (Å²) in [7, 11) is 0. The Balaban J connectivity index is 1.46. The molecule has 1 unspecified atom stereocenters. The first-order chi connectivity index (χ1) is 14.1. The molecule has 150 valence electrons. The highest BCUT2D eigenvalue weighted by Gasteiger charge is 2.26. The predicted molar refractivity (Wildman–Crippen MR) is 113 cm³/mol. The van der Waals surface area contributed by atoms with Gasteiger partial charge in [-0.15, -0.1) is 0 Å². The van der Waals surface area contributed by atoms with E-state index in [-0.39, 0.29) is 17.6 Å². The van der Waals surface area contributed by atoms with Crippen LogP contribution in [-0.4, -0.2) is 39.0 Å². The molecule has 1 saturated heterocycles. The number of nitrogens with one attached hydrogen (secondary N) is 1. The van der Waals surface area contributed by atoms with Gasteiger partial charge in [-0.25, -0.2) is 4.98 Å². The Morgan fingerprint density at radius 3 is 2.90 bits per heavy atom. The summed E-state index contributed by atoms with van der Waals surface area (Å²) in [5, 5.41) is 0. The third kappa shape index (κ3) is 4.90. The Labute approximate surface area is 170 Å². The zero-order valence-corrected chi connectivity index (χ0v) is 16.8. The van der Waals surface area contributed by atoms with E-state index < -0.39 is 0 Å². The van der Waals surface area contributed by atoms with Crippen LogP contribution in [0.15, 0.2) is 59.5 Å². The van der Waals surface area contributed by atoms with Gasteiger partial charge in [-0.1, -0.05) is 18.2 Å². The number of ether oxygens (including phenoxy) is 1. The van der Waals surface area contributed by atoms with Crippen LogP contribution >= 0.6 is 0 Å². The molecule has 6 heteroatoms. The molecule has 2 aromatic heterocycles. The van der Waals surface area contributed by atoms with Crippen LogP contribution in [0, 0.1) is 0 Å². The van der Waals surface area contributed by atoms with Gasteiger partial charge in [-0.05, 0) is 56.6 Å². The van der Waals surface area contributed by atoms with Gasteiger partial charge in [-0.3, -0.25) is 14.7 Å². The summed E-state index contributed by atoms with van der Waals surface area (Å²) in [6, 6.07) is 15.5. The topological polar surface area (TPSA) is 71.1 Å². The van der Waals surface area contributed by atoms with E-state index in [0.29, 0.717) is 11.5 Å². The quantitative estimate of drug-likeness (QED) is 0.696. The highest BCUT2D eigenvalue weighted by molar-refractivity contribution is 5.48. The normalized spacial score (nSPS) is 17.0. The van der Waals surface area contributed by atoms with Gasteiger partial charge in [0.1, 0.15) is 11.4 Å². The molecule has 1 aromatic carbocycles. The van der Waals surface area contributed by atoms with Crippen molar-refractivity contribution in [1.82, 2.24) is 19.9 Å². The van der Waals surface area contributed by atoms with Crippen LogP contribution in [0.3, 0.4) is 0 Å². The van der Waals surface area contributed by atoms with Crippen LogP contribution in [0.25, 0.3) is 11.5 Å². The predicted octanol–water partition coefficient (Wildman–Crippen LogP) is 3.61. The number of benzene rings is 1. The van der Waals surface area contributed by atoms with Crippen LogP contribution in [0.1, 0.15) is 37.4 Å². The largest absolute Gasteiger partial charge is 0.491 e. The minimum Gasteiger partial charge on any atom is -0.491 e. The van der Waals surface area contributed by atoms with Gasteiger partial charge in [0.2, 0.25) is 0 Å². The number of hydrogen-bond donors (Lipinski definition) is 1. The van der Waals surface area contributed by atoms with Gasteiger partial charge in [0.05, 0.1) is 11.8 Å². The number of nitrogens with zero attached hydrogens (tertiary/aromatic N) is 3. The van der Waals surface area contributed by atoms with Gasteiger partial charge in [-0.2, -0.15) is 0 Å². The molecule has 0 spiro atoms. The Kier molecular flexibility index (Phi) is 5.71. The Hall–Kier alpha value is -2.99. The first kappa shape index (κ1) is 19.3. The molecule has 29 heavy (non-hydrogen) atoms. The number of hydrogen-bond acceptors (Lipinski definition) is 5. The molecule has 0 amide bonds. The molecule has 3 heterocycles. The van der Waals surface area contributed by atoms with Gasteiger partial charge in [0.25, 0.3) is 5.56 Å². The van der Waals surface area contributed by atoms with Gasteiger partial charge < -0.3 is 9.72 Å². The van der Waals surface area contributed by atoms with Crippen molar-refractivity contribution in [1.29, 1.82) is 0 Å². The Morgan fingerprint density at radius 2 is 2.10 bits per heavy atom. The fourth-order valence-corrected chi connectivity index (χ4v) is 3.77. The molecule has 0 bridgehead atoms. The van der Waals surface area contributed by atoms with Crippen LogP contribution < -0.4 is 10.3 Å². The first-order valence-electron chi connectivity index (χ1n) is 10.1.